The number of H-pyrrole nitrogens is 1. The fraction of sp³-hybridized carbons (Fsp3) is 0.494. The van der Waals surface area contributed by atoms with Crippen molar-refractivity contribution in [1.29, 1.82) is 5.41 Å². The van der Waals surface area contributed by atoms with E-state index in [1.165, 1.54) is 48.6 Å². The van der Waals surface area contributed by atoms with Crippen molar-refractivity contribution < 1.29 is 101 Å². The van der Waals surface area contributed by atoms with Crippen LogP contribution in [0.25, 0.3) is 0 Å². The lowest BCUT2D eigenvalue weighted by molar-refractivity contribution is -0.148. The molecule has 2 fully saturated rings. The maximum Gasteiger partial charge on any atom is 0.326 e. The Bertz CT molecular complexity index is 4560. The summed E-state index contributed by atoms with van der Waals surface area (Å²) in [5.74, 6) is -18.7. The molecule has 0 saturated carbocycles. The Labute approximate surface area is 747 Å². The van der Waals surface area contributed by atoms with E-state index in [0.717, 1.165) is 4.90 Å². The van der Waals surface area contributed by atoms with Gasteiger partial charge in [-0.25, -0.2) is 9.78 Å². The number of carbonyl (C=O) groups excluding carboxylic acids is 18. The van der Waals surface area contributed by atoms with Crippen LogP contribution in [-0.4, -0.2) is 284 Å². The van der Waals surface area contributed by atoms with E-state index >= 15 is 0 Å². The molecule has 3 heterocycles. The second-order valence-electron chi connectivity index (χ2n) is 30.9. The Balaban J connectivity index is 1.05. The van der Waals surface area contributed by atoms with Gasteiger partial charge >= 0.3 is 5.97 Å². The number of hydrogen-bond acceptors (Lipinski definition) is 25. The van der Waals surface area contributed by atoms with Gasteiger partial charge in [0.25, 0.3) is 0 Å². The molecule has 47 heteroatoms. The lowest BCUT2D eigenvalue weighted by Crippen LogP contribution is -2.60. The van der Waals surface area contributed by atoms with E-state index in [1.807, 2.05) is 0 Å². The Kier molecular flexibility index (Phi) is 42.4. The molecule has 13 atom stereocenters. The first-order valence-corrected chi connectivity index (χ1v) is 42.5. The number of nitrogens with two attached hydrogens (primary N) is 4. The Morgan fingerprint density at radius 2 is 0.953 bits per heavy atom. The zero-order chi connectivity index (χ0) is 94.3. The number of guanidine groups is 1. The van der Waals surface area contributed by atoms with Crippen LogP contribution in [0.5, 0.6) is 5.75 Å². The maximum absolute atomic E-state index is 14.8. The van der Waals surface area contributed by atoms with Gasteiger partial charge in [0, 0.05) is 75.1 Å². The number of benzene rings is 3. The number of aromatic nitrogens is 2. The summed E-state index contributed by atoms with van der Waals surface area (Å²) in [6.45, 7) is 1.95. The van der Waals surface area contributed by atoms with Gasteiger partial charge in [-0.15, -0.1) is 0 Å². The van der Waals surface area contributed by atoms with Gasteiger partial charge in [-0.05, 0) is 93.0 Å². The molecule has 6 rings (SSSR count). The Morgan fingerprint density at radius 3 is 1.52 bits per heavy atom. The molecule has 128 heavy (non-hydrogen) atoms. The fourth-order valence-electron chi connectivity index (χ4n) is 13.6. The third-order valence-electron chi connectivity index (χ3n) is 20.3. The Morgan fingerprint density at radius 1 is 0.484 bits per heavy atom. The van der Waals surface area contributed by atoms with Crippen LogP contribution in [0.2, 0.25) is 0 Å². The molecule has 0 bridgehead atoms. The minimum atomic E-state index is -1.67. The predicted molar refractivity (Wildman–Crippen MR) is 465 cm³/mol. The molecular weight excluding hydrogens is 1710 g/mol. The van der Waals surface area contributed by atoms with Crippen LogP contribution < -0.4 is 103 Å². The highest BCUT2D eigenvalue weighted by atomic mass is 32.1. The highest BCUT2D eigenvalue weighted by Gasteiger charge is 2.42. The quantitative estimate of drug-likeness (QED) is 0.00845. The van der Waals surface area contributed by atoms with Crippen molar-refractivity contribution in [3.8, 4) is 5.75 Å². The highest BCUT2D eigenvalue weighted by molar-refractivity contribution is 7.80. The van der Waals surface area contributed by atoms with Crippen LogP contribution in [0.3, 0.4) is 0 Å². The van der Waals surface area contributed by atoms with Crippen molar-refractivity contribution in [3.63, 3.8) is 0 Å². The van der Waals surface area contributed by atoms with Gasteiger partial charge in [-0.1, -0.05) is 86.6 Å². The molecule has 0 spiro atoms. The number of phenols is 1. The number of aliphatic carboxylic acids is 1. The van der Waals surface area contributed by atoms with Crippen LogP contribution in [0.1, 0.15) is 107 Å². The number of carbonyl (C=O) groups is 19. The van der Waals surface area contributed by atoms with Crippen molar-refractivity contribution >= 4 is 144 Å². The van der Waals surface area contributed by atoms with E-state index in [-0.39, 0.29) is 126 Å². The number of phenolic OH excluding ortho intramolecular Hbond substituents is 1. The number of nitrogens with zero attached hydrogens (tertiary/aromatic N) is 3. The van der Waals surface area contributed by atoms with E-state index in [1.54, 1.807) is 74.5 Å². The summed E-state index contributed by atoms with van der Waals surface area (Å²) in [5, 5.41) is 64.6. The number of carboxylic acid groups (broad SMARTS) is 1. The minimum Gasteiger partial charge on any atom is -0.508 e. The van der Waals surface area contributed by atoms with Crippen LogP contribution in [-0.2, 0) is 117 Å². The zero-order valence-electron chi connectivity index (χ0n) is 70.8. The smallest absolute Gasteiger partial charge is 0.326 e. The molecule has 2 aliphatic heterocycles. The maximum atomic E-state index is 14.8. The van der Waals surface area contributed by atoms with Gasteiger partial charge in [-0.3, -0.25) is 91.7 Å². The molecule has 4 aromatic rings. The largest absolute Gasteiger partial charge is 0.508 e. The molecule has 3 aromatic carbocycles. The predicted octanol–water partition coefficient (Wildman–Crippen LogP) is -7.58. The second kappa shape index (κ2) is 52.5. The van der Waals surface area contributed by atoms with E-state index in [4.69, 9.17) is 28.3 Å². The number of rotatable bonds is 52. The molecule has 45 nitrogen and oxygen atoms in total. The van der Waals surface area contributed by atoms with E-state index in [2.05, 4.69) is 115 Å². The molecule has 18 amide bonds. The monoisotopic (exact) mass is 1820 g/mol. The number of thiol groups is 2. The topological polar surface area (TPSA) is 708 Å². The number of likely N-dealkylation sites (tertiary alicyclic amines) is 2. The van der Waals surface area contributed by atoms with E-state index < -0.39 is 223 Å². The highest BCUT2D eigenvalue weighted by Crippen LogP contribution is 2.23. The van der Waals surface area contributed by atoms with Crippen LogP contribution >= 0.6 is 25.3 Å². The van der Waals surface area contributed by atoms with E-state index in [9.17, 15) is 101 Å². The van der Waals surface area contributed by atoms with Crippen LogP contribution in [0.4, 0.5) is 0 Å². The van der Waals surface area contributed by atoms with Crippen molar-refractivity contribution in [2.24, 2.45) is 28.9 Å². The number of amides is 18. The summed E-state index contributed by atoms with van der Waals surface area (Å²) >= 11 is 8.49. The first-order chi connectivity index (χ1) is 60.8. The number of carboxylic acids is 1. The average Bonchev–Trinajstić information content (AvgIpc) is 1.32. The van der Waals surface area contributed by atoms with Crippen molar-refractivity contribution in [2.45, 2.75) is 189 Å². The van der Waals surface area contributed by atoms with Crippen molar-refractivity contribution in [3.05, 3.63) is 120 Å². The Hall–Kier alpha value is -13.5. The SMILES string of the molecule is CC(C)C[C@H](NC(=O)CNC(=O)CNC(=O)[C@H](Cc1ccccc1)NC(=O)[C@H](Cc1cnc[nH]1)NC(=O)CNC(=O)[C@H](C)NC(=O)[C@H](CS)NC(=O)[C@H](Cc1ccccc1)NC(=O)[C@H](CCCNC(=N)N)NC(=O)[C@@H](N)CCC(N)=O)C(=O)N[C@@H](Cc1ccc(O)cc1)C(=O)N1CCC[C@H]1C(=O)N[C@@H](CS)C(=O)N[C@@H](CC(N)=O)C(=O)NCC(=O)N1CCC[C@H]1C(=O)O. The summed E-state index contributed by atoms with van der Waals surface area (Å²) in [7, 11) is 0. The van der Waals surface area contributed by atoms with Gasteiger partial charge in [0.05, 0.1) is 45.0 Å². The lowest BCUT2D eigenvalue weighted by Gasteiger charge is -2.31. The summed E-state index contributed by atoms with van der Waals surface area (Å²) in [6, 6.07) is 4.29. The number of nitrogens with one attached hydrogen (secondary N) is 17. The zero-order valence-corrected chi connectivity index (χ0v) is 72.6. The first kappa shape index (κ1) is 103. The van der Waals surface area contributed by atoms with Gasteiger partial charge < -0.3 is 128 Å². The second-order valence-corrected chi connectivity index (χ2v) is 31.6. The lowest BCUT2D eigenvalue weighted by atomic mass is 10.0. The van der Waals surface area contributed by atoms with Crippen LogP contribution in [0.15, 0.2) is 97.5 Å². The normalized spacial score (nSPS) is 15.9. The minimum absolute atomic E-state index is 0.0227. The molecular formula is C81H114N24O21S2. The summed E-state index contributed by atoms with van der Waals surface area (Å²) in [4.78, 5) is 266. The van der Waals surface area contributed by atoms with Crippen LogP contribution in [0, 0.1) is 11.3 Å². The molecule has 0 unspecified atom stereocenters. The van der Waals surface area contributed by atoms with Crippen molar-refractivity contribution in [1.82, 2.24) is 99.5 Å². The number of aromatic hydroxyl groups is 1. The number of imidazole rings is 1. The molecule has 2 aliphatic rings. The molecule has 2 saturated heterocycles. The molecule has 0 aliphatic carbocycles. The third kappa shape index (κ3) is 35.2. The summed E-state index contributed by atoms with van der Waals surface area (Å²) in [6.07, 6.45) is 1.80. The van der Waals surface area contributed by atoms with Crippen molar-refractivity contribution in [2.75, 3.05) is 57.3 Å². The fourth-order valence-corrected chi connectivity index (χ4v) is 14.1. The summed E-state index contributed by atoms with van der Waals surface area (Å²) in [5.41, 5.74) is 23.9. The number of aromatic amines is 1. The molecule has 696 valence electrons. The average molecular weight is 1820 g/mol. The van der Waals surface area contributed by atoms with Gasteiger partial charge in [0.1, 0.15) is 78.3 Å². The number of hydrogen-bond donors (Lipinski definition) is 25. The van der Waals surface area contributed by atoms with Gasteiger partial charge in [0.15, 0.2) is 5.96 Å². The van der Waals surface area contributed by atoms with Gasteiger partial charge in [-0.2, -0.15) is 25.3 Å². The summed E-state index contributed by atoms with van der Waals surface area (Å²) < 4.78 is 0. The molecule has 27 N–H and O–H groups in total. The van der Waals surface area contributed by atoms with E-state index in [0.29, 0.717) is 28.8 Å². The first-order valence-electron chi connectivity index (χ1n) is 41.2. The standard InChI is InChI=1S/C81H114N24O21S2/c1-43(2)29-52(73(118)101-57(32-47-20-22-49(106)23-21-47)79(124)105-28-11-18-60(105)78(123)103-59(41-128)77(122)100-56(34-63(84)108)71(116)92-39-67(112)104-27-12-19-61(104)80(125)126)95-65(110)37-89-64(109)36-91-70(115)53(30-45-13-6-4-7-14-45)98-75(120)55(33-48-35-87-42-93-48)96-66(111)38-90-68(113)44(3)94-76(121)58(40-127)102-74(119)54(31-46-15-8-5-9-16-46)99-72(117)51(17-10-26-88-81(85)86)97-69(114)50(82)24-25-62(83)107/h4-9,13-16,20-23,35,42-44,50-61,106,127-128H,10-12,17-19,24-34,36-41,82H2,1-3H3,(H2,83,107)(H2,84,108)(H,87,93)(H,89,109)(H,90,113)(H,91,115)(H,92,116)(H,94,121)(H,95,110)(H,96,111)(H,97,114)(H,98,120)(H,99,117)(H,100,122)(H,101,118)(H,102,119)(H,103,123)(H,125,126)(H4,85,86,88)/t44-,50-,51-,52-,53-,54-,55-,56-,57-,58-,59-,60-,61-/m0/s1. The third-order valence-corrected chi connectivity index (χ3v) is 21.0. The molecule has 1 aromatic heterocycles. The molecule has 0 radical (unpaired) electrons. The van der Waals surface area contributed by atoms with Gasteiger partial charge in [0.2, 0.25) is 106 Å². The number of primary amides is 2.